The molecule has 0 amide bonds. The molecule has 0 heterocycles. The summed E-state index contributed by atoms with van der Waals surface area (Å²) >= 11 is 0. The summed E-state index contributed by atoms with van der Waals surface area (Å²) in [6.07, 6.45) is 0. The predicted molar refractivity (Wildman–Crippen MR) is 64.2 cm³/mol. The largest absolute Gasteiger partial charge is 0.465 e. The lowest BCUT2D eigenvalue weighted by Gasteiger charge is -2.23. The molecule has 0 bridgehead atoms. The molecule has 0 spiro atoms. The van der Waals surface area contributed by atoms with Crippen LogP contribution in [0.25, 0.3) is 0 Å². The van der Waals surface area contributed by atoms with E-state index in [9.17, 15) is 9.18 Å². The van der Waals surface area contributed by atoms with Crippen LogP contribution in [0.1, 0.15) is 24.1 Å². The van der Waals surface area contributed by atoms with Gasteiger partial charge in [0.2, 0.25) is 0 Å². The molecule has 3 nitrogen and oxygen atoms in total. The number of hydrogen-bond donors (Lipinski definition) is 0. The summed E-state index contributed by atoms with van der Waals surface area (Å²) in [5, 5.41) is 0. The molecule has 1 atom stereocenters. The van der Waals surface area contributed by atoms with Gasteiger partial charge in [-0.15, -0.1) is 0 Å². The minimum absolute atomic E-state index is 0.268. The average Bonchev–Trinajstić information content (AvgIpc) is 2.23. The summed E-state index contributed by atoms with van der Waals surface area (Å²) < 4.78 is 18.2. The molecule has 0 fully saturated rings. The third-order valence-electron chi connectivity index (χ3n) is 2.52. The van der Waals surface area contributed by atoms with E-state index in [1.54, 1.807) is 45.0 Å². The van der Waals surface area contributed by atoms with Gasteiger partial charge in [-0.25, -0.2) is 9.18 Å². The fourth-order valence-electron chi connectivity index (χ4n) is 1.70. The Bertz CT molecular complexity index is 404. The maximum atomic E-state index is 13.2. The van der Waals surface area contributed by atoms with Crippen molar-refractivity contribution in [3.63, 3.8) is 0 Å². The maximum Gasteiger partial charge on any atom is 0.327 e. The maximum absolute atomic E-state index is 13.2. The highest BCUT2D eigenvalue weighted by atomic mass is 19.1. The summed E-state index contributed by atoms with van der Waals surface area (Å²) in [6, 6.07) is 4.18. The van der Waals surface area contributed by atoms with Gasteiger partial charge < -0.3 is 4.74 Å². The summed E-state index contributed by atoms with van der Waals surface area (Å²) in [4.78, 5) is 13.6. The van der Waals surface area contributed by atoms with Gasteiger partial charge in [0.05, 0.1) is 6.61 Å². The number of nitrogens with zero attached hydrogens (tertiary/aromatic N) is 1. The second-order valence-electron chi connectivity index (χ2n) is 4.13. The van der Waals surface area contributed by atoms with Crippen molar-refractivity contribution in [1.29, 1.82) is 0 Å². The molecular formula is C13H18FNO2. The highest BCUT2D eigenvalue weighted by Crippen LogP contribution is 2.22. The minimum Gasteiger partial charge on any atom is -0.465 e. The van der Waals surface area contributed by atoms with E-state index in [-0.39, 0.29) is 11.8 Å². The van der Waals surface area contributed by atoms with Gasteiger partial charge in [0.1, 0.15) is 11.9 Å². The van der Waals surface area contributed by atoms with E-state index in [4.69, 9.17) is 4.74 Å². The first-order chi connectivity index (χ1) is 7.97. The first-order valence-corrected chi connectivity index (χ1v) is 5.56. The Hall–Kier alpha value is -1.42. The Morgan fingerprint density at radius 2 is 2.12 bits per heavy atom. The fourth-order valence-corrected chi connectivity index (χ4v) is 1.70. The normalized spacial score (nSPS) is 12.6. The zero-order valence-corrected chi connectivity index (χ0v) is 10.7. The molecule has 17 heavy (non-hydrogen) atoms. The highest BCUT2D eigenvalue weighted by Gasteiger charge is 2.24. The van der Waals surface area contributed by atoms with Gasteiger partial charge in [0, 0.05) is 0 Å². The van der Waals surface area contributed by atoms with Gasteiger partial charge in [-0.3, -0.25) is 4.90 Å². The fraction of sp³-hybridized carbons (Fsp3) is 0.462. The Kier molecular flexibility index (Phi) is 4.63. The van der Waals surface area contributed by atoms with Crippen LogP contribution in [0.15, 0.2) is 18.2 Å². The number of likely N-dealkylation sites (N-methyl/N-ethyl adjacent to an activating group) is 1. The molecule has 0 radical (unpaired) electrons. The first kappa shape index (κ1) is 13.6. The van der Waals surface area contributed by atoms with Crippen LogP contribution >= 0.6 is 0 Å². The van der Waals surface area contributed by atoms with E-state index >= 15 is 0 Å². The molecule has 1 rings (SSSR count). The Labute approximate surface area is 101 Å². The molecule has 0 aliphatic heterocycles. The van der Waals surface area contributed by atoms with Crippen LogP contribution in [0.4, 0.5) is 4.39 Å². The van der Waals surface area contributed by atoms with Gasteiger partial charge in [0.25, 0.3) is 0 Å². The molecule has 0 aliphatic carbocycles. The molecule has 4 heteroatoms. The van der Waals surface area contributed by atoms with Gasteiger partial charge in [-0.1, -0.05) is 12.1 Å². The van der Waals surface area contributed by atoms with Crippen LogP contribution in [0.3, 0.4) is 0 Å². The van der Waals surface area contributed by atoms with Crippen molar-refractivity contribution in [3.05, 3.63) is 35.1 Å². The number of halogens is 1. The number of benzene rings is 1. The van der Waals surface area contributed by atoms with Crippen LogP contribution in [0.5, 0.6) is 0 Å². The van der Waals surface area contributed by atoms with E-state index in [2.05, 4.69) is 0 Å². The molecular weight excluding hydrogens is 221 g/mol. The SMILES string of the molecule is CCOC(=O)C(c1ccc(F)c(C)c1)N(C)C. The average molecular weight is 239 g/mol. The van der Waals surface area contributed by atoms with Crippen molar-refractivity contribution in [3.8, 4) is 0 Å². The topological polar surface area (TPSA) is 29.5 Å². The molecule has 1 aromatic carbocycles. The molecule has 0 N–H and O–H groups in total. The van der Waals surface area contributed by atoms with E-state index < -0.39 is 6.04 Å². The van der Waals surface area contributed by atoms with Crippen molar-refractivity contribution in [2.75, 3.05) is 20.7 Å². The minimum atomic E-state index is -0.491. The number of hydrogen-bond acceptors (Lipinski definition) is 3. The third kappa shape index (κ3) is 3.27. The smallest absolute Gasteiger partial charge is 0.327 e. The highest BCUT2D eigenvalue weighted by molar-refractivity contribution is 5.77. The van der Waals surface area contributed by atoms with E-state index in [0.717, 1.165) is 5.56 Å². The molecule has 0 aliphatic rings. The Morgan fingerprint density at radius 1 is 1.47 bits per heavy atom. The van der Waals surface area contributed by atoms with Crippen molar-refractivity contribution in [2.24, 2.45) is 0 Å². The van der Waals surface area contributed by atoms with Crippen LogP contribution in [-0.4, -0.2) is 31.6 Å². The number of aryl methyl sites for hydroxylation is 1. The summed E-state index contributed by atoms with van der Waals surface area (Å²) in [7, 11) is 3.58. The molecule has 0 saturated carbocycles. The zero-order valence-electron chi connectivity index (χ0n) is 10.7. The van der Waals surface area contributed by atoms with Gasteiger partial charge in [-0.2, -0.15) is 0 Å². The van der Waals surface area contributed by atoms with E-state index in [1.807, 2.05) is 0 Å². The number of ether oxygens (including phenoxy) is 1. The summed E-state index contributed by atoms with van der Waals surface area (Å²) in [5.74, 6) is -0.585. The van der Waals surface area contributed by atoms with Crippen molar-refractivity contribution < 1.29 is 13.9 Å². The quantitative estimate of drug-likeness (QED) is 0.755. The second-order valence-corrected chi connectivity index (χ2v) is 4.13. The van der Waals surface area contributed by atoms with Crippen LogP contribution in [0, 0.1) is 12.7 Å². The second kappa shape index (κ2) is 5.77. The molecule has 1 unspecified atom stereocenters. The first-order valence-electron chi connectivity index (χ1n) is 5.56. The van der Waals surface area contributed by atoms with Crippen LogP contribution < -0.4 is 0 Å². The Balaban J connectivity index is 3.05. The zero-order chi connectivity index (χ0) is 13.0. The van der Waals surface area contributed by atoms with E-state index in [1.165, 1.54) is 6.07 Å². The summed E-state index contributed by atoms with van der Waals surface area (Å²) in [6.45, 7) is 3.78. The molecule has 94 valence electrons. The van der Waals surface area contributed by atoms with Crippen LogP contribution in [0.2, 0.25) is 0 Å². The predicted octanol–water partition coefficient (Wildman–Crippen LogP) is 2.30. The number of carbonyl (C=O) groups excluding carboxylic acids is 1. The number of esters is 1. The summed E-state index contributed by atoms with van der Waals surface area (Å²) in [5.41, 5.74) is 1.27. The van der Waals surface area contributed by atoms with Gasteiger partial charge >= 0.3 is 5.97 Å². The molecule has 1 aromatic rings. The van der Waals surface area contributed by atoms with E-state index in [0.29, 0.717) is 12.2 Å². The standard InChI is InChI=1S/C13H18FNO2/c1-5-17-13(16)12(15(3)4)10-6-7-11(14)9(2)8-10/h6-8,12H,5H2,1-4H3. The third-order valence-corrected chi connectivity index (χ3v) is 2.52. The molecule has 0 aromatic heterocycles. The molecule has 0 saturated heterocycles. The van der Waals surface area contributed by atoms with Crippen molar-refractivity contribution >= 4 is 5.97 Å². The van der Waals surface area contributed by atoms with Gasteiger partial charge in [-0.05, 0) is 45.1 Å². The lowest BCUT2D eigenvalue weighted by atomic mass is 10.0. The lowest BCUT2D eigenvalue weighted by Crippen LogP contribution is -2.29. The number of rotatable bonds is 4. The van der Waals surface area contributed by atoms with Crippen LogP contribution in [-0.2, 0) is 9.53 Å². The monoisotopic (exact) mass is 239 g/mol. The van der Waals surface area contributed by atoms with Crippen molar-refractivity contribution in [2.45, 2.75) is 19.9 Å². The number of carbonyl (C=O) groups is 1. The van der Waals surface area contributed by atoms with Gasteiger partial charge in [0.15, 0.2) is 0 Å². The lowest BCUT2D eigenvalue weighted by molar-refractivity contribution is -0.148. The van der Waals surface area contributed by atoms with Crippen molar-refractivity contribution in [1.82, 2.24) is 4.90 Å². The Morgan fingerprint density at radius 3 is 2.59 bits per heavy atom.